The SMILES string of the molecule is CCC(C)Oc1cc(C)ccc1CNC(=NC)NCCCOC.I. The molecule has 1 aromatic carbocycles. The number of hydrogen-bond acceptors (Lipinski definition) is 3. The number of methoxy groups -OCH3 is 1. The Morgan fingerprint density at radius 1 is 1.29 bits per heavy atom. The van der Waals surface area contributed by atoms with Gasteiger partial charge in [0.25, 0.3) is 0 Å². The van der Waals surface area contributed by atoms with Crippen LogP contribution in [-0.4, -0.2) is 39.4 Å². The van der Waals surface area contributed by atoms with Gasteiger partial charge in [0.05, 0.1) is 6.10 Å². The molecule has 138 valence electrons. The minimum atomic E-state index is 0. The van der Waals surface area contributed by atoms with Crippen LogP contribution < -0.4 is 15.4 Å². The molecule has 0 fully saturated rings. The standard InChI is InChI=1S/C18H31N3O2.HI/c1-6-15(3)23-17-12-14(2)8-9-16(17)13-21-18(19-4)20-10-7-11-22-5;/h8-9,12,15H,6-7,10-11,13H2,1-5H3,(H2,19,20,21);1H. The summed E-state index contributed by atoms with van der Waals surface area (Å²) in [6.07, 6.45) is 2.15. The average molecular weight is 449 g/mol. The highest BCUT2D eigenvalue weighted by Crippen LogP contribution is 2.22. The predicted octanol–water partition coefficient (Wildman–Crippen LogP) is 3.49. The lowest BCUT2D eigenvalue weighted by Crippen LogP contribution is -2.37. The highest BCUT2D eigenvalue weighted by Gasteiger charge is 2.08. The van der Waals surface area contributed by atoms with Gasteiger partial charge in [-0.2, -0.15) is 0 Å². The van der Waals surface area contributed by atoms with Crippen molar-refractivity contribution in [3.8, 4) is 5.75 Å². The van der Waals surface area contributed by atoms with Gasteiger partial charge < -0.3 is 20.1 Å². The van der Waals surface area contributed by atoms with Crippen LogP contribution in [0.5, 0.6) is 5.75 Å². The normalized spacial score (nSPS) is 12.3. The first-order chi connectivity index (χ1) is 11.1. The van der Waals surface area contributed by atoms with Crippen molar-refractivity contribution in [2.45, 2.75) is 46.3 Å². The first-order valence-electron chi connectivity index (χ1n) is 8.30. The molecule has 1 aromatic rings. The molecule has 0 saturated heterocycles. The Hall–Kier alpha value is -1.02. The van der Waals surface area contributed by atoms with Crippen molar-refractivity contribution < 1.29 is 9.47 Å². The molecule has 0 heterocycles. The summed E-state index contributed by atoms with van der Waals surface area (Å²) >= 11 is 0. The smallest absolute Gasteiger partial charge is 0.191 e. The maximum atomic E-state index is 6.04. The van der Waals surface area contributed by atoms with Crippen molar-refractivity contribution >= 4 is 29.9 Å². The lowest BCUT2D eigenvalue weighted by atomic mass is 10.1. The second kappa shape index (κ2) is 13.3. The minimum absolute atomic E-state index is 0. The van der Waals surface area contributed by atoms with E-state index in [1.165, 1.54) is 5.56 Å². The van der Waals surface area contributed by atoms with Crippen molar-refractivity contribution in [3.05, 3.63) is 29.3 Å². The molecule has 0 aliphatic carbocycles. The van der Waals surface area contributed by atoms with E-state index in [9.17, 15) is 0 Å². The molecule has 0 aliphatic rings. The molecule has 0 saturated carbocycles. The highest BCUT2D eigenvalue weighted by atomic mass is 127. The largest absolute Gasteiger partial charge is 0.490 e. The summed E-state index contributed by atoms with van der Waals surface area (Å²) in [6.45, 7) is 8.56. The number of ether oxygens (including phenoxy) is 2. The minimum Gasteiger partial charge on any atom is -0.490 e. The summed E-state index contributed by atoms with van der Waals surface area (Å²) in [5.41, 5.74) is 2.34. The highest BCUT2D eigenvalue weighted by molar-refractivity contribution is 14.0. The third kappa shape index (κ3) is 8.73. The molecule has 6 heteroatoms. The van der Waals surface area contributed by atoms with E-state index in [-0.39, 0.29) is 30.1 Å². The number of aliphatic imine (C=N–C) groups is 1. The summed E-state index contributed by atoms with van der Waals surface area (Å²) in [6, 6.07) is 6.31. The second-order valence-corrected chi connectivity index (χ2v) is 5.65. The third-order valence-corrected chi connectivity index (χ3v) is 3.61. The van der Waals surface area contributed by atoms with Crippen molar-refractivity contribution in [1.29, 1.82) is 0 Å². The maximum Gasteiger partial charge on any atom is 0.191 e. The van der Waals surface area contributed by atoms with Gasteiger partial charge in [-0.1, -0.05) is 19.1 Å². The zero-order chi connectivity index (χ0) is 17.1. The number of nitrogens with one attached hydrogen (secondary N) is 2. The molecule has 1 atom stereocenters. The van der Waals surface area contributed by atoms with Gasteiger partial charge in [0.15, 0.2) is 5.96 Å². The van der Waals surface area contributed by atoms with Gasteiger partial charge in [-0.15, -0.1) is 24.0 Å². The Morgan fingerprint density at radius 2 is 2.04 bits per heavy atom. The molecule has 24 heavy (non-hydrogen) atoms. The fraction of sp³-hybridized carbons (Fsp3) is 0.611. The Labute approximate surface area is 163 Å². The lowest BCUT2D eigenvalue weighted by Gasteiger charge is -2.18. The van der Waals surface area contributed by atoms with Crippen LogP contribution in [0, 0.1) is 6.92 Å². The van der Waals surface area contributed by atoms with Gasteiger partial charge in [0, 0.05) is 39.4 Å². The number of benzene rings is 1. The fourth-order valence-electron chi connectivity index (χ4n) is 2.04. The van der Waals surface area contributed by atoms with Gasteiger partial charge >= 0.3 is 0 Å². The van der Waals surface area contributed by atoms with E-state index in [4.69, 9.17) is 9.47 Å². The van der Waals surface area contributed by atoms with E-state index >= 15 is 0 Å². The summed E-state index contributed by atoms with van der Waals surface area (Å²) in [4.78, 5) is 4.24. The molecular weight excluding hydrogens is 417 g/mol. The van der Waals surface area contributed by atoms with Crippen molar-refractivity contribution in [2.24, 2.45) is 4.99 Å². The van der Waals surface area contributed by atoms with Crippen LogP contribution in [0.4, 0.5) is 0 Å². The molecule has 1 unspecified atom stereocenters. The Bertz CT molecular complexity index is 495. The first kappa shape index (κ1) is 23.0. The van der Waals surface area contributed by atoms with Crippen LogP contribution in [0.25, 0.3) is 0 Å². The quantitative estimate of drug-likeness (QED) is 0.262. The van der Waals surface area contributed by atoms with Crippen molar-refractivity contribution in [1.82, 2.24) is 10.6 Å². The molecule has 5 nitrogen and oxygen atoms in total. The van der Waals surface area contributed by atoms with Crippen LogP contribution in [0.2, 0.25) is 0 Å². The van der Waals surface area contributed by atoms with Crippen molar-refractivity contribution in [3.63, 3.8) is 0 Å². The van der Waals surface area contributed by atoms with E-state index in [0.29, 0.717) is 6.54 Å². The molecule has 0 aromatic heterocycles. The lowest BCUT2D eigenvalue weighted by molar-refractivity contribution is 0.195. The molecular formula is C18H32IN3O2. The number of halogens is 1. The topological polar surface area (TPSA) is 54.9 Å². The monoisotopic (exact) mass is 449 g/mol. The van der Waals surface area contributed by atoms with Gasteiger partial charge in [-0.3, -0.25) is 4.99 Å². The maximum absolute atomic E-state index is 6.04. The Morgan fingerprint density at radius 3 is 2.67 bits per heavy atom. The zero-order valence-electron chi connectivity index (χ0n) is 15.5. The summed E-state index contributed by atoms with van der Waals surface area (Å²) in [7, 11) is 3.49. The van der Waals surface area contributed by atoms with E-state index < -0.39 is 0 Å². The number of rotatable bonds is 9. The van der Waals surface area contributed by atoms with Crippen molar-refractivity contribution in [2.75, 3.05) is 27.3 Å². The second-order valence-electron chi connectivity index (χ2n) is 5.65. The van der Waals surface area contributed by atoms with E-state index in [1.807, 2.05) is 0 Å². The van der Waals surface area contributed by atoms with Gasteiger partial charge in [-0.25, -0.2) is 0 Å². The number of nitrogens with zero attached hydrogens (tertiary/aromatic N) is 1. The molecule has 2 N–H and O–H groups in total. The summed E-state index contributed by atoms with van der Waals surface area (Å²) in [5, 5.41) is 6.61. The van der Waals surface area contributed by atoms with E-state index in [0.717, 1.165) is 43.3 Å². The zero-order valence-corrected chi connectivity index (χ0v) is 17.8. The molecule has 0 aliphatic heterocycles. The number of aryl methyl sites for hydroxylation is 1. The average Bonchev–Trinajstić information content (AvgIpc) is 2.55. The molecule has 0 amide bonds. The van der Waals surface area contributed by atoms with Gasteiger partial charge in [-0.05, 0) is 38.3 Å². The van der Waals surface area contributed by atoms with Crippen LogP contribution in [-0.2, 0) is 11.3 Å². The molecule has 0 bridgehead atoms. The van der Waals surface area contributed by atoms with Gasteiger partial charge in [0.2, 0.25) is 0 Å². The van der Waals surface area contributed by atoms with Crippen LogP contribution in [0.3, 0.4) is 0 Å². The third-order valence-electron chi connectivity index (χ3n) is 3.61. The van der Waals surface area contributed by atoms with E-state index in [2.05, 4.69) is 54.6 Å². The Kier molecular flexibility index (Phi) is 12.7. The van der Waals surface area contributed by atoms with E-state index in [1.54, 1.807) is 14.2 Å². The van der Waals surface area contributed by atoms with Crippen LogP contribution in [0.1, 0.15) is 37.8 Å². The molecule has 1 rings (SSSR count). The summed E-state index contributed by atoms with van der Waals surface area (Å²) < 4.78 is 11.1. The first-order valence-corrected chi connectivity index (χ1v) is 8.30. The molecule has 0 spiro atoms. The van der Waals surface area contributed by atoms with Crippen LogP contribution in [0.15, 0.2) is 23.2 Å². The van der Waals surface area contributed by atoms with Gasteiger partial charge in [0.1, 0.15) is 5.75 Å². The number of guanidine groups is 1. The summed E-state index contributed by atoms with van der Waals surface area (Å²) in [5.74, 6) is 1.73. The van der Waals surface area contributed by atoms with Crippen LogP contribution >= 0.6 is 24.0 Å². The predicted molar refractivity (Wildman–Crippen MR) is 112 cm³/mol. The fourth-order valence-corrected chi connectivity index (χ4v) is 2.04. The molecule has 0 radical (unpaired) electrons. The number of hydrogen-bond donors (Lipinski definition) is 2. The Balaban J connectivity index is 0.00000529.